The highest BCUT2D eigenvalue weighted by Crippen LogP contribution is 2.26. The summed E-state index contributed by atoms with van der Waals surface area (Å²) in [4.78, 5) is 23.2. The molecule has 1 aromatic carbocycles. The van der Waals surface area contributed by atoms with Gasteiger partial charge in [-0.25, -0.2) is 4.79 Å². The predicted octanol–water partition coefficient (Wildman–Crippen LogP) is 0.612. The van der Waals surface area contributed by atoms with Crippen molar-refractivity contribution >= 4 is 11.9 Å². The maximum Gasteiger partial charge on any atom is 0.340 e. The lowest BCUT2D eigenvalue weighted by Gasteiger charge is -2.32. The summed E-state index contributed by atoms with van der Waals surface area (Å²) in [5, 5.41) is 9.15. The second-order valence-corrected chi connectivity index (χ2v) is 4.43. The molecule has 0 saturated heterocycles. The van der Waals surface area contributed by atoms with Gasteiger partial charge in [0.1, 0.15) is 5.92 Å². The van der Waals surface area contributed by atoms with E-state index in [4.69, 9.17) is 21.3 Å². The van der Waals surface area contributed by atoms with Gasteiger partial charge in [-0.15, -0.1) is 0 Å². The van der Waals surface area contributed by atoms with Crippen LogP contribution in [0.3, 0.4) is 0 Å². The Morgan fingerprint density at radius 2 is 1.90 bits per heavy atom. The van der Waals surface area contributed by atoms with E-state index in [1.54, 1.807) is 30.3 Å². The van der Waals surface area contributed by atoms with Crippen LogP contribution in [0.2, 0.25) is 0 Å². The third-order valence-electron chi connectivity index (χ3n) is 2.90. The van der Waals surface area contributed by atoms with E-state index in [1.807, 2.05) is 0 Å². The van der Waals surface area contributed by atoms with Gasteiger partial charge in [0, 0.05) is 5.70 Å². The molecule has 2 atom stereocenters. The number of ether oxygens (including phenoxy) is 1. The number of nitrogens with two attached hydrogens (primary N) is 2. The number of benzene rings is 1. The standard InChI is InChI=1S/C14H14N2O4/c15-10-6-7-11(12(17)18)14(16,8-10)20-13(19)9-4-2-1-3-5-9/h1-8,11H,15-16H2,(H,17,18). The molecule has 0 amide bonds. The van der Waals surface area contributed by atoms with E-state index in [-0.39, 0.29) is 11.3 Å². The minimum atomic E-state index is -1.81. The van der Waals surface area contributed by atoms with Crippen LogP contribution in [0.25, 0.3) is 0 Å². The molecule has 2 unspecified atom stereocenters. The van der Waals surface area contributed by atoms with E-state index in [0.29, 0.717) is 0 Å². The van der Waals surface area contributed by atoms with Crippen LogP contribution in [0.5, 0.6) is 0 Å². The van der Waals surface area contributed by atoms with Crippen LogP contribution in [-0.2, 0) is 9.53 Å². The van der Waals surface area contributed by atoms with Crippen molar-refractivity contribution in [1.29, 1.82) is 0 Å². The maximum atomic E-state index is 12.0. The molecule has 0 spiro atoms. The Morgan fingerprint density at radius 1 is 1.25 bits per heavy atom. The van der Waals surface area contributed by atoms with Crippen molar-refractivity contribution in [3.05, 3.63) is 59.8 Å². The molecule has 0 aliphatic heterocycles. The molecule has 20 heavy (non-hydrogen) atoms. The Balaban J connectivity index is 2.27. The summed E-state index contributed by atoms with van der Waals surface area (Å²) in [5.74, 6) is -3.10. The lowest BCUT2D eigenvalue weighted by Crippen LogP contribution is -2.53. The van der Waals surface area contributed by atoms with Crippen LogP contribution < -0.4 is 11.5 Å². The fourth-order valence-corrected chi connectivity index (χ4v) is 1.92. The fourth-order valence-electron chi connectivity index (χ4n) is 1.92. The summed E-state index contributed by atoms with van der Waals surface area (Å²) >= 11 is 0. The number of carboxylic acids is 1. The van der Waals surface area contributed by atoms with Crippen LogP contribution in [0.4, 0.5) is 0 Å². The Labute approximate surface area is 115 Å². The molecule has 2 rings (SSSR count). The molecule has 1 aromatic rings. The third-order valence-corrected chi connectivity index (χ3v) is 2.90. The second kappa shape index (κ2) is 5.18. The highest BCUT2D eigenvalue weighted by Gasteiger charge is 2.42. The zero-order valence-corrected chi connectivity index (χ0v) is 10.5. The zero-order valence-electron chi connectivity index (χ0n) is 10.5. The minimum Gasteiger partial charge on any atom is -0.481 e. The molecule has 1 aliphatic rings. The summed E-state index contributed by atoms with van der Waals surface area (Å²) in [5.41, 5.74) is 10.2. The minimum absolute atomic E-state index is 0.242. The third kappa shape index (κ3) is 2.70. The number of aliphatic carboxylic acids is 1. The van der Waals surface area contributed by atoms with Gasteiger partial charge >= 0.3 is 11.9 Å². The normalized spacial score (nSPS) is 24.9. The number of carbonyl (C=O) groups excluding carboxylic acids is 1. The average molecular weight is 274 g/mol. The predicted molar refractivity (Wildman–Crippen MR) is 71.3 cm³/mol. The molecule has 5 N–H and O–H groups in total. The van der Waals surface area contributed by atoms with Gasteiger partial charge in [-0.05, 0) is 24.3 Å². The van der Waals surface area contributed by atoms with Gasteiger partial charge in [0.2, 0.25) is 5.72 Å². The molecule has 0 aromatic heterocycles. The molecule has 0 heterocycles. The number of carbonyl (C=O) groups is 2. The Morgan fingerprint density at radius 3 is 2.50 bits per heavy atom. The first kappa shape index (κ1) is 13.8. The molecule has 104 valence electrons. The number of hydrogen-bond acceptors (Lipinski definition) is 5. The number of hydrogen-bond donors (Lipinski definition) is 3. The first-order valence-electron chi connectivity index (χ1n) is 5.89. The van der Waals surface area contributed by atoms with Crippen LogP contribution in [-0.4, -0.2) is 22.8 Å². The van der Waals surface area contributed by atoms with Crippen molar-refractivity contribution in [3.8, 4) is 0 Å². The molecular weight excluding hydrogens is 260 g/mol. The first-order valence-corrected chi connectivity index (χ1v) is 5.89. The lowest BCUT2D eigenvalue weighted by molar-refractivity contribution is -0.146. The van der Waals surface area contributed by atoms with E-state index < -0.39 is 23.6 Å². The molecule has 0 saturated carbocycles. The number of carboxylic acid groups (broad SMARTS) is 1. The monoisotopic (exact) mass is 274 g/mol. The van der Waals surface area contributed by atoms with E-state index in [2.05, 4.69) is 0 Å². The SMILES string of the molecule is NC1=CC(N)(OC(=O)c2ccccc2)C(C(=O)O)C=C1. The summed E-state index contributed by atoms with van der Waals surface area (Å²) in [7, 11) is 0. The van der Waals surface area contributed by atoms with Gasteiger partial charge in [0.15, 0.2) is 0 Å². The fraction of sp³-hybridized carbons (Fsp3) is 0.143. The Kier molecular flexibility index (Phi) is 3.58. The number of rotatable bonds is 3. The van der Waals surface area contributed by atoms with E-state index in [9.17, 15) is 9.59 Å². The lowest BCUT2D eigenvalue weighted by atomic mass is 9.90. The Hall–Kier alpha value is -2.60. The average Bonchev–Trinajstić information content (AvgIpc) is 2.38. The summed E-state index contributed by atoms with van der Waals surface area (Å²) in [6.07, 6.45) is 3.95. The van der Waals surface area contributed by atoms with Gasteiger partial charge in [0.25, 0.3) is 0 Å². The van der Waals surface area contributed by atoms with Crippen LogP contribution >= 0.6 is 0 Å². The smallest absolute Gasteiger partial charge is 0.340 e. The van der Waals surface area contributed by atoms with Crippen molar-refractivity contribution in [1.82, 2.24) is 0 Å². The zero-order chi connectivity index (χ0) is 14.8. The maximum absolute atomic E-state index is 12.0. The topological polar surface area (TPSA) is 116 Å². The summed E-state index contributed by atoms with van der Waals surface area (Å²) in [6.45, 7) is 0. The number of esters is 1. The van der Waals surface area contributed by atoms with E-state index in [1.165, 1.54) is 18.2 Å². The van der Waals surface area contributed by atoms with Crippen molar-refractivity contribution in [3.63, 3.8) is 0 Å². The van der Waals surface area contributed by atoms with Crippen LogP contribution in [0.1, 0.15) is 10.4 Å². The van der Waals surface area contributed by atoms with E-state index in [0.717, 1.165) is 0 Å². The Bertz CT molecular complexity index is 594. The highest BCUT2D eigenvalue weighted by atomic mass is 16.6. The summed E-state index contributed by atoms with van der Waals surface area (Å²) < 4.78 is 5.16. The van der Waals surface area contributed by atoms with Crippen LogP contribution in [0, 0.1) is 5.92 Å². The summed E-state index contributed by atoms with van der Waals surface area (Å²) in [6, 6.07) is 8.18. The molecule has 6 heteroatoms. The van der Waals surface area contributed by atoms with Gasteiger partial charge in [-0.3, -0.25) is 10.5 Å². The first-order chi connectivity index (χ1) is 9.42. The quantitative estimate of drug-likeness (QED) is 0.549. The molecule has 1 aliphatic carbocycles. The highest BCUT2D eigenvalue weighted by molar-refractivity contribution is 5.90. The van der Waals surface area contributed by atoms with Crippen molar-refractivity contribution in [2.75, 3.05) is 0 Å². The van der Waals surface area contributed by atoms with Gasteiger partial charge in [-0.1, -0.05) is 24.3 Å². The largest absolute Gasteiger partial charge is 0.481 e. The van der Waals surface area contributed by atoms with Gasteiger partial charge in [0.05, 0.1) is 5.56 Å². The molecule has 0 radical (unpaired) electrons. The molecule has 0 fully saturated rings. The van der Waals surface area contributed by atoms with Crippen molar-refractivity contribution in [2.24, 2.45) is 17.4 Å². The van der Waals surface area contributed by atoms with Gasteiger partial charge < -0.3 is 15.6 Å². The van der Waals surface area contributed by atoms with Crippen LogP contribution in [0.15, 0.2) is 54.3 Å². The van der Waals surface area contributed by atoms with E-state index >= 15 is 0 Å². The second-order valence-electron chi connectivity index (χ2n) is 4.43. The van der Waals surface area contributed by atoms with Crippen molar-refractivity contribution < 1.29 is 19.4 Å². The van der Waals surface area contributed by atoms with Gasteiger partial charge in [-0.2, -0.15) is 0 Å². The van der Waals surface area contributed by atoms with Crippen molar-refractivity contribution in [2.45, 2.75) is 5.72 Å². The molecular formula is C14H14N2O4. The number of allylic oxidation sites excluding steroid dienone is 1. The molecule has 0 bridgehead atoms. The molecule has 6 nitrogen and oxygen atoms in total.